The molecule has 8 heteroatoms. The van der Waals surface area contributed by atoms with E-state index in [1.54, 1.807) is 25.5 Å². The van der Waals surface area contributed by atoms with Gasteiger partial charge in [0.1, 0.15) is 0 Å². The third-order valence-corrected chi connectivity index (χ3v) is 4.52. The van der Waals surface area contributed by atoms with Crippen LogP contribution in [0, 0.1) is 5.92 Å². The standard InChI is InChI=1S/C19H20N4O4/c1-25-12-13-8-9-23(11-13)19(24)20-15-6-4-14(5-7-15)17-21-22-18(27-17)16-3-2-10-26-16/h2-7,10,13H,8-9,11-12H2,1H3,(H,20,24)/t13-/m0/s1. The van der Waals surface area contributed by atoms with Gasteiger partial charge in [-0.05, 0) is 42.8 Å². The van der Waals surface area contributed by atoms with Crippen LogP contribution in [0.5, 0.6) is 0 Å². The molecule has 2 amide bonds. The maximum atomic E-state index is 12.4. The molecular weight excluding hydrogens is 348 g/mol. The van der Waals surface area contributed by atoms with Crippen molar-refractivity contribution < 1.29 is 18.4 Å². The summed E-state index contributed by atoms with van der Waals surface area (Å²) in [6.45, 7) is 2.15. The smallest absolute Gasteiger partial charge is 0.321 e. The Kier molecular flexibility index (Phi) is 4.88. The average molecular weight is 368 g/mol. The minimum Gasteiger partial charge on any atom is -0.459 e. The van der Waals surface area contributed by atoms with Crippen molar-refractivity contribution in [1.82, 2.24) is 15.1 Å². The van der Waals surface area contributed by atoms with Gasteiger partial charge in [0.05, 0.1) is 12.9 Å². The minimum atomic E-state index is -0.0979. The molecule has 0 radical (unpaired) electrons. The first-order chi connectivity index (χ1) is 13.2. The van der Waals surface area contributed by atoms with Gasteiger partial charge in [-0.1, -0.05) is 0 Å². The number of nitrogens with zero attached hydrogens (tertiary/aromatic N) is 3. The van der Waals surface area contributed by atoms with Crippen LogP contribution in [0.3, 0.4) is 0 Å². The molecule has 1 atom stereocenters. The van der Waals surface area contributed by atoms with E-state index in [2.05, 4.69) is 15.5 Å². The zero-order chi connectivity index (χ0) is 18.6. The van der Waals surface area contributed by atoms with Crippen LogP contribution in [0.2, 0.25) is 0 Å². The number of aromatic nitrogens is 2. The number of carbonyl (C=O) groups is 1. The maximum absolute atomic E-state index is 12.4. The molecule has 1 aliphatic rings. The third kappa shape index (κ3) is 3.85. The Bertz CT molecular complexity index is 889. The highest BCUT2D eigenvalue weighted by Gasteiger charge is 2.26. The summed E-state index contributed by atoms with van der Waals surface area (Å²) in [6.07, 6.45) is 2.52. The summed E-state index contributed by atoms with van der Waals surface area (Å²) in [4.78, 5) is 14.2. The summed E-state index contributed by atoms with van der Waals surface area (Å²) < 4.78 is 16.0. The second-order valence-electron chi connectivity index (χ2n) is 6.45. The lowest BCUT2D eigenvalue weighted by atomic mass is 10.1. The Morgan fingerprint density at radius 2 is 2.07 bits per heavy atom. The largest absolute Gasteiger partial charge is 0.459 e. The molecule has 4 rings (SSSR count). The number of rotatable bonds is 5. The van der Waals surface area contributed by atoms with E-state index in [1.807, 2.05) is 29.2 Å². The number of carbonyl (C=O) groups excluding carboxylic acids is 1. The molecule has 0 bridgehead atoms. The Hall–Kier alpha value is -3.13. The summed E-state index contributed by atoms with van der Waals surface area (Å²) in [5.41, 5.74) is 1.48. The van der Waals surface area contributed by atoms with E-state index in [0.29, 0.717) is 35.8 Å². The van der Waals surface area contributed by atoms with Crippen molar-refractivity contribution in [3.8, 4) is 23.1 Å². The number of methoxy groups -OCH3 is 1. The molecule has 1 aromatic carbocycles. The first kappa shape index (κ1) is 17.3. The number of ether oxygens (including phenoxy) is 1. The van der Waals surface area contributed by atoms with Crippen molar-refractivity contribution in [2.24, 2.45) is 5.92 Å². The van der Waals surface area contributed by atoms with Gasteiger partial charge in [0.2, 0.25) is 5.89 Å². The van der Waals surface area contributed by atoms with Crippen LogP contribution in [0.15, 0.2) is 51.5 Å². The molecule has 1 aliphatic heterocycles. The first-order valence-electron chi connectivity index (χ1n) is 8.75. The van der Waals surface area contributed by atoms with Crippen LogP contribution in [0.25, 0.3) is 23.1 Å². The zero-order valence-electron chi connectivity index (χ0n) is 14.9. The summed E-state index contributed by atoms with van der Waals surface area (Å²) in [5.74, 6) is 1.65. The Morgan fingerprint density at radius 1 is 1.26 bits per heavy atom. The maximum Gasteiger partial charge on any atom is 0.321 e. The van der Waals surface area contributed by atoms with Crippen LogP contribution in [-0.2, 0) is 4.74 Å². The van der Waals surface area contributed by atoms with Crippen LogP contribution in [-0.4, -0.2) is 47.9 Å². The van der Waals surface area contributed by atoms with Crippen LogP contribution in [0.1, 0.15) is 6.42 Å². The van der Waals surface area contributed by atoms with Gasteiger partial charge in [-0.2, -0.15) is 0 Å². The molecule has 1 N–H and O–H groups in total. The van der Waals surface area contributed by atoms with Crippen molar-refractivity contribution in [2.75, 3.05) is 32.1 Å². The fraction of sp³-hybridized carbons (Fsp3) is 0.316. The van der Waals surface area contributed by atoms with E-state index in [9.17, 15) is 4.79 Å². The van der Waals surface area contributed by atoms with Gasteiger partial charge < -0.3 is 23.8 Å². The normalized spacial score (nSPS) is 16.6. The molecule has 0 spiro atoms. The predicted molar refractivity (Wildman–Crippen MR) is 98.0 cm³/mol. The van der Waals surface area contributed by atoms with Gasteiger partial charge in [-0.25, -0.2) is 4.79 Å². The second-order valence-corrected chi connectivity index (χ2v) is 6.45. The molecule has 0 aliphatic carbocycles. The molecule has 0 unspecified atom stereocenters. The second kappa shape index (κ2) is 7.63. The highest BCUT2D eigenvalue weighted by atomic mass is 16.5. The van der Waals surface area contributed by atoms with E-state index in [4.69, 9.17) is 13.6 Å². The third-order valence-electron chi connectivity index (χ3n) is 4.52. The van der Waals surface area contributed by atoms with E-state index in [1.165, 1.54) is 0 Å². The number of furan rings is 1. The highest BCUT2D eigenvalue weighted by Crippen LogP contribution is 2.25. The lowest BCUT2D eigenvalue weighted by Gasteiger charge is -2.17. The van der Waals surface area contributed by atoms with Crippen molar-refractivity contribution in [2.45, 2.75) is 6.42 Å². The molecule has 27 heavy (non-hydrogen) atoms. The molecule has 8 nitrogen and oxygen atoms in total. The number of hydrogen-bond donors (Lipinski definition) is 1. The number of anilines is 1. The quantitative estimate of drug-likeness (QED) is 0.741. The molecule has 1 fully saturated rings. The highest BCUT2D eigenvalue weighted by molar-refractivity contribution is 5.89. The monoisotopic (exact) mass is 368 g/mol. The van der Waals surface area contributed by atoms with Crippen LogP contribution >= 0.6 is 0 Å². The van der Waals surface area contributed by atoms with Crippen LogP contribution < -0.4 is 5.32 Å². The summed E-state index contributed by atoms with van der Waals surface area (Å²) in [7, 11) is 1.69. The summed E-state index contributed by atoms with van der Waals surface area (Å²) >= 11 is 0. The van der Waals surface area contributed by atoms with E-state index in [0.717, 1.165) is 25.1 Å². The lowest BCUT2D eigenvalue weighted by molar-refractivity contribution is 0.154. The molecule has 3 heterocycles. The molecular formula is C19H20N4O4. The zero-order valence-corrected chi connectivity index (χ0v) is 14.9. The van der Waals surface area contributed by atoms with Gasteiger partial charge >= 0.3 is 6.03 Å². The average Bonchev–Trinajstić information content (AvgIpc) is 3.43. The van der Waals surface area contributed by atoms with E-state index >= 15 is 0 Å². The van der Waals surface area contributed by atoms with Crippen molar-refractivity contribution in [3.05, 3.63) is 42.7 Å². The molecule has 2 aromatic heterocycles. The number of amides is 2. The number of hydrogen-bond acceptors (Lipinski definition) is 6. The number of likely N-dealkylation sites (tertiary alicyclic amines) is 1. The van der Waals surface area contributed by atoms with Gasteiger partial charge in [0, 0.05) is 37.4 Å². The molecule has 140 valence electrons. The van der Waals surface area contributed by atoms with Crippen LogP contribution in [0.4, 0.5) is 10.5 Å². The summed E-state index contributed by atoms with van der Waals surface area (Å²) in [6, 6.07) is 10.7. The van der Waals surface area contributed by atoms with Gasteiger partial charge in [0.25, 0.3) is 5.89 Å². The molecule has 3 aromatic rings. The minimum absolute atomic E-state index is 0.0979. The first-order valence-corrected chi connectivity index (χ1v) is 8.75. The van der Waals surface area contributed by atoms with Gasteiger partial charge in [-0.15, -0.1) is 10.2 Å². The summed E-state index contributed by atoms with van der Waals surface area (Å²) in [5, 5.41) is 10.9. The van der Waals surface area contributed by atoms with Crippen molar-refractivity contribution in [1.29, 1.82) is 0 Å². The fourth-order valence-electron chi connectivity index (χ4n) is 3.13. The Balaban J connectivity index is 1.39. The Labute approximate surface area is 156 Å². The number of nitrogens with one attached hydrogen (secondary N) is 1. The van der Waals surface area contributed by atoms with Gasteiger partial charge in [0.15, 0.2) is 5.76 Å². The van der Waals surface area contributed by atoms with Crippen molar-refractivity contribution in [3.63, 3.8) is 0 Å². The van der Waals surface area contributed by atoms with E-state index < -0.39 is 0 Å². The van der Waals surface area contributed by atoms with Crippen molar-refractivity contribution >= 4 is 11.7 Å². The fourth-order valence-corrected chi connectivity index (χ4v) is 3.13. The molecule has 1 saturated heterocycles. The van der Waals surface area contributed by atoms with Gasteiger partial charge in [-0.3, -0.25) is 0 Å². The Morgan fingerprint density at radius 3 is 2.81 bits per heavy atom. The predicted octanol–water partition coefficient (Wildman–Crippen LogP) is 3.50. The SMILES string of the molecule is COC[C@H]1CCN(C(=O)Nc2ccc(-c3nnc(-c4ccco4)o3)cc2)C1. The number of urea groups is 1. The number of benzene rings is 1. The topological polar surface area (TPSA) is 93.6 Å². The molecule has 0 saturated carbocycles. The van der Waals surface area contributed by atoms with E-state index in [-0.39, 0.29) is 6.03 Å². The lowest BCUT2D eigenvalue weighted by Crippen LogP contribution is -2.33.